The van der Waals surface area contributed by atoms with E-state index in [-0.39, 0.29) is 17.8 Å². The Hall–Kier alpha value is -2.84. The van der Waals surface area contributed by atoms with E-state index in [0.29, 0.717) is 28.8 Å². The highest BCUT2D eigenvalue weighted by atomic mass is 35.5. The molecule has 0 saturated carbocycles. The van der Waals surface area contributed by atoms with Gasteiger partial charge < -0.3 is 20.5 Å². The van der Waals surface area contributed by atoms with Crippen molar-refractivity contribution in [3.63, 3.8) is 0 Å². The number of amides is 1. The number of fused-ring (bicyclic) bond motifs is 1. The molecule has 32 heavy (non-hydrogen) atoms. The number of halogens is 1. The van der Waals surface area contributed by atoms with Gasteiger partial charge in [-0.05, 0) is 75.3 Å². The summed E-state index contributed by atoms with van der Waals surface area (Å²) in [4.78, 5) is 18.7. The van der Waals surface area contributed by atoms with E-state index in [1.165, 1.54) is 4.90 Å². The molecule has 1 aliphatic heterocycles. The average Bonchev–Trinajstić information content (AvgIpc) is 2.71. The van der Waals surface area contributed by atoms with Gasteiger partial charge in [0, 0.05) is 11.6 Å². The number of nitrogens with two attached hydrogens (primary N) is 1. The van der Waals surface area contributed by atoms with E-state index in [4.69, 9.17) is 39.0 Å². The maximum absolute atomic E-state index is 12.9. The lowest BCUT2D eigenvalue weighted by atomic mass is 10.1. The number of hydrogen-bond donors (Lipinski definition) is 2. The third-order valence-corrected chi connectivity index (χ3v) is 5.17. The van der Waals surface area contributed by atoms with Gasteiger partial charge in [0.1, 0.15) is 22.9 Å². The molecule has 1 aliphatic rings. The van der Waals surface area contributed by atoms with Crippen molar-refractivity contribution in [1.29, 1.82) is 0 Å². The Labute approximate surface area is 198 Å². The Balaban J connectivity index is 1.78. The molecule has 0 bridgehead atoms. The van der Waals surface area contributed by atoms with Crippen LogP contribution in [0.15, 0.2) is 47.5 Å². The van der Waals surface area contributed by atoms with Crippen LogP contribution >= 0.6 is 23.8 Å². The van der Waals surface area contributed by atoms with E-state index >= 15 is 0 Å². The predicted octanol–water partition coefficient (Wildman–Crippen LogP) is 4.92. The molecule has 1 heterocycles. The van der Waals surface area contributed by atoms with Crippen molar-refractivity contribution in [3.8, 4) is 5.75 Å². The Bertz CT molecular complexity index is 1030. The van der Waals surface area contributed by atoms with Crippen LogP contribution in [0.5, 0.6) is 5.75 Å². The summed E-state index contributed by atoms with van der Waals surface area (Å²) >= 11 is 11.5. The molecule has 7 nitrogen and oxygen atoms in total. The van der Waals surface area contributed by atoms with Crippen molar-refractivity contribution >= 4 is 46.5 Å². The van der Waals surface area contributed by atoms with Gasteiger partial charge in [0.2, 0.25) is 0 Å². The molecule has 3 N–H and O–H groups in total. The average molecular weight is 475 g/mol. The van der Waals surface area contributed by atoms with E-state index in [1.54, 1.807) is 12.1 Å². The van der Waals surface area contributed by atoms with Gasteiger partial charge in [0.05, 0.1) is 6.54 Å². The van der Waals surface area contributed by atoms with Gasteiger partial charge in [-0.3, -0.25) is 0 Å². The van der Waals surface area contributed by atoms with E-state index in [2.05, 4.69) is 10.3 Å². The van der Waals surface area contributed by atoms with Crippen LogP contribution in [-0.2, 0) is 17.8 Å². The van der Waals surface area contributed by atoms with Crippen molar-refractivity contribution in [2.75, 3.05) is 0 Å². The van der Waals surface area contributed by atoms with Crippen molar-refractivity contribution in [3.05, 3.63) is 58.6 Å². The highest BCUT2D eigenvalue weighted by molar-refractivity contribution is 7.80. The molecule has 3 rings (SSSR count). The topological polar surface area (TPSA) is 89.2 Å². The Morgan fingerprint density at radius 3 is 2.56 bits per heavy atom. The molecule has 0 fully saturated rings. The summed E-state index contributed by atoms with van der Waals surface area (Å²) in [6.45, 7) is 7.89. The molecule has 9 heteroatoms. The molecular weight excluding hydrogens is 448 g/mol. The van der Waals surface area contributed by atoms with Crippen LogP contribution in [-0.4, -0.2) is 33.6 Å². The van der Waals surface area contributed by atoms with Gasteiger partial charge in [-0.15, -0.1) is 0 Å². The Morgan fingerprint density at radius 1 is 1.25 bits per heavy atom. The summed E-state index contributed by atoms with van der Waals surface area (Å²) in [5, 5.41) is 4.03. The number of nitrogens with one attached hydrogen (secondary N) is 1. The zero-order valence-corrected chi connectivity index (χ0v) is 20.1. The second-order valence-corrected chi connectivity index (χ2v) is 9.27. The second kappa shape index (κ2) is 9.75. The zero-order valence-electron chi connectivity index (χ0n) is 18.5. The first-order valence-electron chi connectivity index (χ1n) is 10.2. The van der Waals surface area contributed by atoms with Crippen molar-refractivity contribution < 1.29 is 14.3 Å². The number of thiocarbonyl (C=S) groups is 1. The molecule has 0 radical (unpaired) electrons. The predicted molar refractivity (Wildman–Crippen MR) is 130 cm³/mol. The van der Waals surface area contributed by atoms with E-state index < -0.39 is 11.7 Å². The van der Waals surface area contributed by atoms with Gasteiger partial charge in [0.25, 0.3) is 0 Å². The fraction of sp³-hybridized carbons (Fsp3) is 0.348. The lowest BCUT2D eigenvalue weighted by molar-refractivity contribution is 0.0357. The monoisotopic (exact) mass is 474 g/mol. The molecule has 0 aromatic heterocycles. The summed E-state index contributed by atoms with van der Waals surface area (Å²) in [7, 11) is 0. The van der Waals surface area contributed by atoms with Crippen molar-refractivity contribution in [1.82, 2.24) is 10.2 Å². The summed E-state index contributed by atoms with van der Waals surface area (Å²) in [5.41, 5.74) is 7.65. The number of nitrogens with zero attached hydrogens (tertiary/aromatic N) is 2. The molecule has 0 spiro atoms. The second-order valence-electron chi connectivity index (χ2n) is 8.45. The lowest BCUT2D eigenvalue weighted by Gasteiger charge is -2.28. The third kappa shape index (κ3) is 6.34. The highest BCUT2D eigenvalue weighted by Gasteiger charge is 2.26. The Morgan fingerprint density at radius 2 is 1.91 bits per heavy atom. The van der Waals surface area contributed by atoms with Crippen molar-refractivity contribution in [2.24, 2.45) is 10.7 Å². The molecule has 2 aromatic carbocycles. The first-order valence-corrected chi connectivity index (χ1v) is 11.0. The first-order chi connectivity index (χ1) is 15.0. The van der Waals surface area contributed by atoms with E-state index in [9.17, 15) is 4.79 Å². The summed E-state index contributed by atoms with van der Waals surface area (Å²) in [5.74, 6) is 1.04. The molecular formula is C23H27ClN4O3S. The van der Waals surface area contributed by atoms with Gasteiger partial charge in [0.15, 0.2) is 11.2 Å². The van der Waals surface area contributed by atoms with Crippen LogP contribution in [0, 0.1) is 0 Å². The van der Waals surface area contributed by atoms with Gasteiger partial charge in [-0.25, -0.2) is 14.7 Å². The van der Waals surface area contributed by atoms with Crippen LogP contribution in [0.2, 0.25) is 5.02 Å². The largest absolute Gasteiger partial charge is 0.481 e. The fourth-order valence-corrected chi connectivity index (χ4v) is 3.26. The number of carbonyl (C=O) groups is 1. The smallest absolute Gasteiger partial charge is 0.416 e. The normalized spacial score (nSPS) is 15.2. The minimum Gasteiger partial charge on any atom is -0.481 e. The molecule has 0 aliphatic carbocycles. The maximum Gasteiger partial charge on any atom is 0.416 e. The van der Waals surface area contributed by atoms with Crippen molar-refractivity contribution in [2.45, 2.75) is 52.5 Å². The standard InChI is InChI=1S/C23H27ClN4O3S/c1-14-20(25)27-18-11-16(7-10-19(18)30-14)13-28(22(29)31-23(2,3)4)21(32)26-12-15-5-8-17(24)9-6-15/h5-11,14H,12-13H2,1-4H3,(H2,25,27)(H,26,32). The van der Waals surface area contributed by atoms with Crippen LogP contribution in [0.3, 0.4) is 0 Å². The minimum atomic E-state index is -0.667. The Kier molecular flexibility index (Phi) is 7.26. The molecule has 0 saturated heterocycles. The lowest BCUT2D eigenvalue weighted by Crippen LogP contribution is -2.45. The number of benzene rings is 2. The van der Waals surface area contributed by atoms with Gasteiger partial charge >= 0.3 is 6.09 Å². The number of hydrogen-bond acceptors (Lipinski definition) is 6. The maximum atomic E-state index is 12.9. The molecule has 1 amide bonds. The first kappa shape index (κ1) is 23.8. The quantitative estimate of drug-likeness (QED) is 0.611. The zero-order chi connectivity index (χ0) is 23.5. The van der Waals surface area contributed by atoms with Gasteiger partial charge in [-0.2, -0.15) is 0 Å². The number of ether oxygens (including phenoxy) is 2. The third-order valence-electron chi connectivity index (χ3n) is 4.55. The van der Waals surface area contributed by atoms with Crippen LogP contribution in [0.1, 0.15) is 38.8 Å². The molecule has 170 valence electrons. The van der Waals surface area contributed by atoms with Crippen LogP contribution < -0.4 is 15.8 Å². The number of aliphatic imine (C=N–C) groups is 1. The number of carbonyl (C=O) groups excluding carboxylic acids is 1. The molecule has 2 aromatic rings. The number of amidine groups is 1. The number of rotatable bonds is 4. The SMILES string of the molecule is CC1Oc2ccc(CN(C(=O)OC(C)(C)C)C(=S)NCc3ccc(Cl)cc3)cc2N=C1N. The van der Waals surface area contributed by atoms with Crippen LogP contribution in [0.25, 0.3) is 0 Å². The summed E-state index contributed by atoms with van der Waals surface area (Å²) in [6, 6.07) is 12.9. The fourth-order valence-electron chi connectivity index (χ4n) is 2.92. The van der Waals surface area contributed by atoms with Gasteiger partial charge in [-0.1, -0.05) is 29.8 Å². The highest BCUT2D eigenvalue weighted by Crippen LogP contribution is 2.33. The van der Waals surface area contributed by atoms with Crippen LogP contribution in [0.4, 0.5) is 10.5 Å². The van der Waals surface area contributed by atoms with E-state index in [1.807, 2.05) is 58.0 Å². The minimum absolute atomic E-state index is 0.194. The summed E-state index contributed by atoms with van der Waals surface area (Å²) < 4.78 is 11.3. The van der Waals surface area contributed by atoms with E-state index in [0.717, 1.165) is 11.1 Å². The summed E-state index contributed by atoms with van der Waals surface area (Å²) in [6.07, 6.45) is -0.826. The molecule has 1 atom stereocenters. The molecule has 1 unspecified atom stereocenters.